The van der Waals surface area contributed by atoms with Gasteiger partial charge in [0.15, 0.2) is 5.60 Å². The van der Waals surface area contributed by atoms with Crippen LogP contribution in [0.2, 0.25) is 0 Å². The van der Waals surface area contributed by atoms with E-state index in [4.69, 9.17) is 17.4 Å². The number of hydrogen-bond acceptors (Lipinski definition) is 8. The third-order valence-corrected chi connectivity index (χ3v) is 15.5. The molecule has 8 rings (SSSR count). The zero-order valence-corrected chi connectivity index (χ0v) is 45.6. The first-order valence-corrected chi connectivity index (χ1v) is 27.6. The van der Waals surface area contributed by atoms with Gasteiger partial charge < -0.3 is 25.8 Å². The SMILES string of the molecule is CC(C)[C@H]1NC(=O)[C@H](C(c2ccccc2)(c2ccccc2)c2ccccc2)NC(=O)[C@@H](Cc2ccccc2C(F)(F)F)NC(=O)C[C@](CS)(/C(=C/CCS)c2ccc(C(c3ccccc3)c3ccccc3)cc2)OC(=O)C[C@@H]1O. The number of esters is 1. The largest absolute Gasteiger partial charge is 0.453 e. The summed E-state index contributed by atoms with van der Waals surface area (Å²) < 4.78 is 51.1. The molecule has 79 heavy (non-hydrogen) atoms. The fourth-order valence-electron chi connectivity index (χ4n) is 11.0. The van der Waals surface area contributed by atoms with Crippen molar-refractivity contribution in [2.24, 2.45) is 5.92 Å². The van der Waals surface area contributed by atoms with Crippen LogP contribution in [-0.2, 0) is 41.9 Å². The van der Waals surface area contributed by atoms with E-state index in [1.54, 1.807) is 74.5 Å². The fraction of sp³-hybridized carbons (Fsp3) is 0.262. The van der Waals surface area contributed by atoms with E-state index >= 15 is 14.4 Å². The van der Waals surface area contributed by atoms with E-state index in [1.165, 1.54) is 18.2 Å². The molecule has 3 amide bonds. The van der Waals surface area contributed by atoms with Crippen LogP contribution in [0.5, 0.6) is 0 Å². The van der Waals surface area contributed by atoms with Crippen molar-refractivity contribution in [3.63, 3.8) is 0 Å². The van der Waals surface area contributed by atoms with Gasteiger partial charge in [-0.1, -0.05) is 214 Å². The Morgan fingerprint density at radius 3 is 1.61 bits per heavy atom. The lowest BCUT2D eigenvalue weighted by atomic mass is 9.64. The van der Waals surface area contributed by atoms with Gasteiger partial charge in [-0.25, -0.2) is 0 Å². The lowest BCUT2D eigenvalue weighted by Gasteiger charge is -2.43. The molecule has 0 saturated carbocycles. The Labute approximate surface area is 470 Å². The average molecular weight is 1100 g/mol. The Bertz CT molecular complexity index is 3050. The van der Waals surface area contributed by atoms with Gasteiger partial charge in [-0.2, -0.15) is 38.4 Å². The normalized spacial score (nSPS) is 20.1. The summed E-state index contributed by atoms with van der Waals surface area (Å²) >= 11 is 9.31. The summed E-state index contributed by atoms with van der Waals surface area (Å²) in [4.78, 5) is 61.3. The fourth-order valence-corrected chi connectivity index (χ4v) is 11.5. The smallest absolute Gasteiger partial charge is 0.416 e. The van der Waals surface area contributed by atoms with Gasteiger partial charge in [0.1, 0.15) is 12.1 Å². The molecule has 0 bridgehead atoms. The topological polar surface area (TPSA) is 134 Å². The third-order valence-electron chi connectivity index (χ3n) is 14.7. The zero-order valence-electron chi connectivity index (χ0n) is 43.9. The molecule has 0 spiro atoms. The summed E-state index contributed by atoms with van der Waals surface area (Å²) in [6, 6.07) is 55.0. The second-order valence-electron chi connectivity index (χ2n) is 20.2. The first-order chi connectivity index (χ1) is 38.1. The number of rotatable bonds is 15. The van der Waals surface area contributed by atoms with E-state index in [-0.39, 0.29) is 17.2 Å². The molecule has 0 radical (unpaired) electrons. The Morgan fingerprint density at radius 1 is 0.646 bits per heavy atom. The lowest BCUT2D eigenvalue weighted by molar-refractivity contribution is -0.157. The Morgan fingerprint density at radius 2 is 1.13 bits per heavy atom. The standard InChI is InChI=1S/C65H64F3N3O6S2/c1-43(2)59-55(72)40-57(74)77-63(42-79,52(33-20-38-78)44-34-36-47(37-35-44)58(45-21-8-3-9-22-45)46-23-10-4-11-24-46)41-56(73)69-54(39-48-25-18-19-32-53(48)65(66,67)68)61(75)71-60(62(76)70-59)64(49-26-12-5-13-27-49,50-28-14-6-15-29-50)51-30-16-7-17-31-51/h3-19,21-37,43,54-55,58-60,72,78-79H,20,38-42H2,1-2H3,(H,69,73)(H,70,76)(H,71,75)/b52-33+/t54-,55+,59-,60-,63+/m1/s1. The Hall–Kier alpha value is -7.39. The number of carbonyl (C=O) groups is 4. The van der Waals surface area contributed by atoms with Crippen molar-refractivity contribution >= 4 is 54.5 Å². The molecule has 14 heteroatoms. The molecule has 7 aromatic rings. The molecule has 1 fully saturated rings. The molecule has 0 aromatic heterocycles. The van der Waals surface area contributed by atoms with Crippen molar-refractivity contribution in [3.8, 4) is 0 Å². The minimum Gasteiger partial charge on any atom is -0.453 e. The van der Waals surface area contributed by atoms with Crippen LogP contribution in [-0.4, -0.2) is 70.1 Å². The molecular formula is C65H64F3N3O6S2. The van der Waals surface area contributed by atoms with E-state index < -0.39 is 95.9 Å². The van der Waals surface area contributed by atoms with E-state index in [0.717, 1.165) is 22.8 Å². The van der Waals surface area contributed by atoms with Crippen LogP contribution in [0.3, 0.4) is 0 Å². The highest BCUT2D eigenvalue weighted by molar-refractivity contribution is 7.80. The highest BCUT2D eigenvalue weighted by Gasteiger charge is 2.51. The van der Waals surface area contributed by atoms with Crippen molar-refractivity contribution in [1.29, 1.82) is 0 Å². The van der Waals surface area contributed by atoms with Crippen molar-refractivity contribution in [1.82, 2.24) is 16.0 Å². The second-order valence-corrected chi connectivity index (χ2v) is 20.9. The highest BCUT2D eigenvalue weighted by atomic mass is 32.1. The summed E-state index contributed by atoms with van der Waals surface area (Å²) in [5.74, 6) is -4.24. The van der Waals surface area contributed by atoms with Crippen molar-refractivity contribution in [3.05, 3.63) is 256 Å². The van der Waals surface area contributed by atoms with Crippen LogP contribution in [0.4, 0.5) is 13.2 Å². The van der Waals surface area contributed by atoms with Crippen LogP contribution in [0.1, 0.15) is 89.1 Å². The van der Waals surface area contributed by atoms with Gasteiger partial charge in [-0.3, -0.25) is 19.2 Å². The number of alkyl halides is 3. The van der Waals surface area contributed by atoms with Crippen LogP contribution in [0.25, 0.3) is 5.57 Å². The van der Waals surface area contributed by atoms with Crippen molar-refractivity contribution in [2.45, 2.75) is 86.9 Å². The van der Waals surface area contributed by atoms with Gasteiger partial charge >= 0.3 is 12.1 Å². The van der Waals surface area contributed by atoms with E-state index in [0.29, 0.717) is 40.0 Å². The van der Waals surface area contributed by atoms with E-state index in [2.05, 4.69) is 52.8 Å². The van der Waals surface area contributed by atoms with E-state index in [1.807, 2.05) is 97.1 Å². The molecule has 7 aromatic carbocycles. The first kappa shape index (κ1) is 57.8. The number of thiol groups is 2. The number of aliphatic hydroxyl groups excluding tert-OH is 1. The maximum absolute atomic E-state index is 15.7. The predicted octanol–water partition coefficient (Wildman–Crippen LogP) is 11.3. The number of cyclic esters (lactones) is 1. The maximum atomic E-state index is 15.7. The molecule has 1 saturated heterocycles. The molecule has 5 atom stereocenters. The third kappa shape index (κ3) is 13.2. The lowest BCUT2D eigenvalue weighted by Crippen LogP contribution is -2.64. The second kappa shape index (κ2) is 26.0. The number of nitrogens with one attached hydrogen (secondary N) is 3. The predicted molar refractivity (Wildman–Crippen MR) is 310 cm³/mol. The number of carbonyl (C=O) groups excluding carboxylic acids is 4. The summed E-state index contributed by atoms with van der Waals surface area (Å²) in [5, 5.41) is 21.0. The molecule has 9 nitrogen and oxygen atoms in total. The highest BCUT2D eigenvalue weighted by Crippen LogP contribution is 2.44. The number of allylic oxidation sites excluding steroid dienone is 1. The summed E-state index contributed by atoms with van der Waals surface area (Å²) in [7, 11) is 0. The Kier molecular flexibility index (Phi) is 19.0. The molecule has 0 unspecified atom stereocenters. The molecule has 408 valence electrons. The van der Waals surface area contributed by atoms with Crippen molar-refractivity contribution in [2.75, 3.05) is 11.5 Å². The molecule has 0 aliphatic carbocycles. The van der Waals surface area contributed by atoms with Crippen LogP contribution >= 0.6 is 25.3 Å². The van der Waals surface area contributed by atoms with Crippen LogP contribution in [0.15, 0.2) is 206 Å². The first-order valence-electron chi connectivity index (χ1n) is 26.3. The molecule has 1 aliphatic heterocycles. The van der Waals surface area contributed by atoms with Gasteiger partial charge in [0.05, 0.1) is 36.0 Å². The van der Waals surface area contributed by atoms with Gasteiger partial charge in [0.25, 0.3) is 0 Å². The quantitative estimate of drug-likeness (QED) is 0.0344. The number of ether oxygens (including phenoxy) is 1. The molecule has 1 heterocycles. The van der Waals surface area contributed by atoms with Crippen LogP contribution < -0.4 is 16.0 Å². The number of halogens is 3. The summed E-state index contributed by atoms with van der Waals surface area (Å²) in [6.07, 6.45) is -6.28. The van der Waals surface area contributed by atoms with Gasteiger partial charge in [-0.05, 0) is 68.7 Å². The number of hydrogen-bond donors (Lipinski definition) is 6. The zero-order chi connectivity index (χ0) is 56.2. The number of amides is 3. The molecule has 4 N–H and O–H groups in total. The Balaban J connectivity index is 1.30. The maximum Gasteiger partial charge on any atom is 0.416 e. The molecule has 1 aliphatic rings. The minimum absolute atomic E-state index is 0.165. The minimum atomic E-state index is -4.85. The summed E-state index contributed by atoms with van der Waals surface area (Å²) in [5.41, 5.74) is 0.825. The molecular weight excluding hydrogens is 1040 g/mol. The van der Waals surface area contributed by atoms with Gasteiger partial charge in [0.2, 0.25) is 17.7 Å². The van der Waals surface area contributed by atoms with Crippen LogP contribution in [0, 0.1) is 5.92 Å². The monoisotopic (exact) mass is 1100 g/mol. The number of benzene rings is 7. The number of aliphatic hydroxyl groups is 1. The van der Waals surface area contributed by atoms with Crippen molar-refractivity contribution < 1.29 is 42.2 Å². The van der Waals surface area contributed by atoms with Gasteiger partial charge in [0, 0.05) is 23.7 Å². The van der Waals surface area contributed by atoms with Gasteiger partial charge in [-0.15, -0.1) is 0 Å². The summed E-state index contributed by atoms with van der Waals surface area (Å²) in [6.45, 7) is 3.52. The van der Waals surface area contributed by atoms with E-state index in [9.17, 15) is 23.1 Å². The average Bonchev–Trinajstić information content (AvgIpc) is 3.63.